The van der Waals surface area contributed by atoms with Gasteiger partial charge in [-0.1, -0.05) is 79.7 Å². The van der Waals surface area contributed by atoms with Gasteiger partial charge < -0.3 is 18.6 Å². The maximum Gasteiger partial charge on any atom is 0.137 e. The largest absolute Gasteiger partial charge is 0.772 e. The van der Waals surface area contributed by atoms with E-state index in [-0.39, 0.29) is 85.3 Å². The minimum absolute atomic E-state index is 0.0744. The molecule has 8 nitrogen and oxygen atoms in total. The molecule has 10 heteroatoms. The topological polar surface area (TPSA) is 133 Å². The second-order valence-corrected chi connectivity index (χ2v) is 16.2. The van der Waals surface area contributed by atoms with Crippen LogP contribution in [0.3, 0.4) is 0 Å². The van der Waals surface area contributed by atoms with Crippen molar-refractivity contribution in [3.63, 3.8) is 0 Å². The number of Topliss-reactive ketones (excluding diaryl/α,β-unsaturated/α-hetero) is 2. The highest BCUT2D eigenvalue weighted by atomic mass is 32.2. The number of ether oxygens (including phenoxy) is 2. The molecule has 2 rings (SSSR count). The van der Waals surface area contributed by atoms with Crippen LogP contribution in [0.4, 0.5) is 0 Å². The lowest BCUT2D eigenvalue weighted by Crippen LogP contribution is -2.40. The summed E-state index contributed by atoms with van der Waals surface area (Å²) < 4.78 is 59.1. The highest BCUT2D eigenvalue weighted by molar-refractivity contribution is 7.80. The normalized spacial score (nSPS) is 29.3. The van der Waals surface area contributed by atoms with Crippen molar-refractivity contribution in [2.75, 3.05) is 26.4 Å². The third-order valence-electron chi connectivity index (χ3n) is 9.34. The Labute approximate surface area is 258 Å². The van der Waals surface area contributed by atoms with Crippen molar-refractivity contribution in [3.05, 3.63) is 24.3 Å². The number of rotatable bonds is 17. The molecular formula is C32H52O8S2-2. The monoisotopic (exact) mass is 628 g/mol. The highest BCUT2D eigenvalue weighted by Gasteiger charge is 2.41. The second-order valence-electron chi connectivity index (χ2n) is 14.0. The van der Waals surface area contributed by atoms with Gasteiger partial charge in [0.25, 0.3) is 0 Å². The minimum atomic E-state index is -2.43. The van der Waals surface area contributed by atoms with Gasteiger partial charge in [0, 0.05) is 35.2 Å². The molecule has 2 aliphatic rings. The van der Waals surface area contributed by atoms with Crippen LogP contribution in [-0.2, 0) is 41.2 Å². The van der Waals surface area contributed by atoms with E-state index in [0.717, 1.165) is 12.8 Å². The molecule has 0 aromatic carbocycles. The Morgan fingerprint density at radius 2 is 1.10 bits per heavy atom. The minimum Gasteiger partial charge on any atom is -0.772 e. The maximum absolute atomic E-state index is 13.2. The van der Waals surface area contributed by atoms with Gasteiger partial charge in [-0.3, -0.25) is 18.0 Å². The Balaban J connectivity index is 1.82. The zero-order valence-corrected chi connectivity index (χ0v) is 28.3. The summed E-state index contributed by atoms with van der Waals surface area (Å²) in [6, 6.07) is 0. The Kier molecular flexibility index (Phi) is 14.4. The van der Waals surface area contributed by atoms with Gasteiger partial charge >= 0.3 is 0 Å². The molecule has 2 aliphatic carbocycles. The molecular weight excluding hydrogens is 576 g/mol. The molecule has 0 heterocycles. The van der Waals surface area contributed by atoms with Crippen molar-refractivity contribution in [2.24, 2.45) is 46.3 Å². The predicted molar refractivity (Wildman–Crippen MR) is 165 cm³/mol. The lowest BCUT2D eigenvalue weighted by molar-refractivity contribution is -0.130. The van der Waals surface area contributed by atoms with Crippen molar-refractivity contribution >= 4 is 33.7 Å². The summed E-state index contributed by atoms with van der Waals surface area (Å²) in [5.74, 6) is -0.793. The maximum atomic E-state index is 13.2. The van der Waals surface area contributed by atoms with Gasteiger partial charge in [-0.15, -0.1) is 0 Å². The number of carbonyl (C=O) groups is 2. The number of ketones is 2. The molecule has 0 saturated carbocycles. The summed E-state index contributed by atoms with van der Waals surface area (Å²) in [6.07, 6.45) is 10.3. The first kappa shape index (κ1) is 37.1. The van der Waals surface area contributed by atoms with Crippen LogP contribution in [-0.4, -0.2) is 66.0 Å². The Morgan fingerprint density at radius 3 is 1.38 bits per heavy atom. The van der Waals surface area contributed by atoms with Crippen molar-refractivity contribution < 1.29 is 36.6 Å². The zero-order chi connectivity index (χ0) is 31.8. The molecule has 0 radical (unpaired) electrons. The van der Waals surface area contributed by atoms with Crippen LogP contribution >= 0.6 is 0 Å². The fourth-order valence-corrected chi connectivity index (χ4v) is 8.38. The van der Waals surface area contributed by atoms with Gasteiger partial charge in [0.1, 0.15) is 11.6 Å². The first-order chi connectivity index (χ1) is 19.5. The highest BCUT2D eigenvalue weighted by Crippen LogP contribution is 2.43. The van der Waals surface area contributed by atoms with Crippen molar-refractivity contribution in [1.29, 1.82) is 0 Å². The number of hydrogen-bond donors (Lipinski definition) is 0. The van der Waals surface area contributed by atoms with Crippen molar-refractivity contribution in [1.82, 2.24) is 0 Å². The van der Waals surface area contributed by atoms with Gasteiger partial charge in [0.15, 0.2) is 0 Å². The summed E-state index contributed by atoms with van der Waals surface area (Å²) in [5, 5.41) is -1.69. The standard InChI is InChI=1S/C32H54O8S2/c1-21-11-9-13-31(5,6)29(21)25(33)17-23(3)27(41(35)36)19-39-15-16-40-20-28(42(37)38)24(4)18-26(34)30-22(2)12-10-14-32(30,7)8/h9-12,21-24,27-30H,13-20H2,1-8H3,(H,35,36)(H,37,38)/p-2. The molecule has 10 unspecified atom stereocenters. The average Bonchev–Trinajstić information content (AvgIpc) is 2.83. The van der Waals surface area contributed by atoms with E-state index < -0.39 is 44.5 Å². The third kappa shape index (κ3) is 10.3. The molecule has 0 saturated heterocycles. The number of allylic oxidation sites excluding steroid dienone is 4. The van der Waals surface area contributed by atoms with Crippen molar-refractivity contribution in [3.8, 4) is 0 Å². The molecule has 0 aromatic rings. The Morgan fingerprint density at radius 1 is 0.762 bits per heavy atom. The van der Waals surface area contributed by atoms with Crippen LogP contribution in [0.25, 0.3) is 0 Å². The Hall–Kier alpha value is -1.04. The summed E-state index contributed by atoms with van der Waals surface area (Å²) in [6.45, 7) is 15.9. The summed E-state index contributed by atoms with van der Waals surface area (Å²) in [7, 11) is 0. The van der Waals surface area contributed by atoms with Crippen LogP contribution in [0.15, 0.2) is 24.3 Å². The lowest BCUT2D eigenvalue weighted by atomic mass is 9.64. The van der Waals surface area contributed by atoms with E-state index in [1.54, 1.807) is 13.8 Å². The molecule has 0 aromatic heterocycles. The van der Waals surface area contributed by atoms with Gasteiger partial charge in [0.05, 0.1) is 26.4 Å². The van der Waals surface area contributed by atoms with E-state index in [0.29, 0.717) is 0 Å². The van der Waals surface area contributed by atoms with E-state index in [1.807, 2.05) is 13.8 Å². The third-order valence-corrected chi connectivity index (χ3v) is 11.5. The molecule has 0 amide bonds. The Bertz CT molecular complexity index is 940. The van der Waals surface area contributed by atoms with Gasteiger partial charge in [-0.2, -0.15) is 0 Å². The summed E-state index contributed by atoms with van der Waals surface area (Å²) in [5.41, 5.74) is -0.354. The van der Waals surface area contributed by atoms with E-state index in [9.17, 15) is 27.1 Å². The molecule has 242 valence electrons. The van der Waals surface area contributed by atoms with Crippen LogP contribution in [0.2, 0.25) is 0 Å². The lowest BCUT2D eigenvalue weighted by Gasteiger charge is -2.39. The van der Waals surface area contributed by atoms with E-state index >= 15 is 0 Å². The quantitative estimate of drug-likeness (QED) is 0.122. The number of carbonyl (C=O) groups excluding carboxylic acids is 2. The zero-order valence-electron chi connectivity index (χ0n) is 26.7. The fraction of sp³-hybridized carbons (Fsp3) is 0.812. The second kappa shape index (κ2) is 16.3. The molecule has 0 aliphatic heterocycles. The van der Waals surface area contributed by atoms with Gasteiger partial charge in [0.2, 0.25) is 0 Å². The summed E-state index contributed by atoms with van der Waals surface area (Å²) >= 11 is -4.85. The van der Waals surface area contributed by atoms with E-state index in [1.165, 1.54) is 0 Å². The van der Waals surface area contributed by atoms with Crippen LogP contribution < -0.4 is 0 Å². The van der Waals surface area contributed by atoms with Crippen molar-refractivity contribution in [2.45, 2.75) is 91.6 Å². The number of hydrogen-bond acceptors (Lipinski definition) is 8. The first-order valence-corrected chi connectivity index (χ1v) is 17.5. The SMILES string of the molecule is CC1C=CCC(C)(C)C1C(=O)CC(C)C(COCCOCC(C(C)CC(=O)C1C(C)C=CCC1(C)C)S(=O)[O-])S(=O)[O-]. The van der Waals surface area contributed by atoms with E-state index in [2.05, 4.69) is 52.0 Å². The van der Waals surface area contributed by atoms with Gasteiger partial charge in [-0.05, 0) is 69.5 Å². The molecule has 0 spiro atoms. The molecule has 42 heavy (non-hydrogen) atoms. The van der Waals surface area contributed by atoms with Gasteiger partial charge in [-0.25, -0.2) is 0 Å². The molecule has 0 fully saturated rings. The van der Waals surface area contributed by atoms with E-state index in [4.69, 9.17) is 9.47 Å². The van der Waals surface area contributed by atoms with Crippen LogP contribution in [0.1, 0.15) is 81.1 Å². The summed E-state index contributed by atoms with van der Waals surface area (Å²) in [4.78, 5) is 26.4. The van der Waals surface area contributed by atoms with Crippen LogP contribution in [0.5, 0.6) is 0 Å². The predicted octanol–water partition coefficient (Wildman–Crippen LogP) is 5.18. The first-order valence-electron chi connectivity index (χ1n) is 15.2. The average molecular weight is 629 g/mol. The fourth-order valence-electron chi connectivity index (χ4n) is 7.02. The molecule has 0 N–H and O–H groups in total. The molecule has 0 bridgehead atoms. The van der Waals surface area contributed by atoms with Crippen LogP contribution in [0, 0.1) is 46.3 Å². The molecule has 10 atom stereocenters. The smallest absolute Gasteiger partial charge is 0.137 e.